The predicted octanol–water partition coefficient (Wildman–Crippen LogP) is 3.28. The van der Waals surface area contributed by atoms with E-state index in [1.54, 1.807) is 6.92 Å². The van der Waals surface area contributed by atoms with E-state index in [1.807, 2.05) is 24.3 Å². The minimum Gasteiger partial charge on any atom is -0.480 e. The lowest BCUT2D eigenvalue weighted by atomic mass is 9.98. The average molecular weight is 422 g/mol. The zero-order chi connectivity index (χ0) is 22.0. The van der Waals surface area contributed by atoms with Crippen LogP contribution in [0.4, 0.5) is 4.79 Å². The predicted molar refractivity (Wildman–Crippen MR) is 115 cm³/mol. The van der Waals surface area contributed by atoms with Crippen LogP contribution < -0.4 is 10.6 Å². The molecule has 2 aromatic carbocycles. The summed E-state index contributed by atoms with van der Waals surface area (Å²) >= 11 is 0. The van der Waals surface area contributed by atoms with Crippen molar-refractivity contribution in [2.45, 2.75) is 38.1 Å². The zero-order valence-corrected chi connectivity index (χ0v) is 17.4. The summed E-state index contributed by atoms with van der Waals surface area (Å²) in [7, 11) is 0. The highest BCUT2D eigenvalue weighted by molar-refractivity contribution is 5.90. The normalized spacial score (nSPS) is 16.5. The molecule has 0 aliphatic heterocycles. The number of aliphatic carboxylic acids is 1. The number of carboxylic acids is 1. The van der Waals surface area contributed by atoms with Gasteiger partial charge in [0.15, 0.2) is 0 Å². The summed E-state index contributed by atoms with van der Waals surface area (Å²) in [6, 6.07) is 15.3. The molecule has 2 aliphatic carbocycles. The van der Waals surface area contributed by atoms with Crippen LogP contribution in [0.2, 0.25) is 0 Å². The topological polar surface area (TPSA) is 105 Å². The van der Waals surface area contributed by atoms with Crippen LogP contribution in [0.5, 0.6) is 0 Å². The smallest absolute Gasteiger partial charge is 0.407 e. The van der Waals surface area contributed by atoms with Crippen LogP contribution in [-0.2, 0) is 14.3 Å². The number of hydrogen-bond donors (Lipinski definition) is 3. The molecule has 1 fully saturated rings. The molecule has 0 aromatic heterocycles. The first-order valence-electron chi connectivity index (χ1n) is 10.6. The lowest BCUT2D eigenvalue weighted by Gasteiger charge is -2.20. The molecular formula is C24H26N2O5. The van der Waals surface area contributed by atoms with Gasteiger partial charge in [0, 0.05) is 12.5 Å². The fourth-order valence-corrected chi connectivity index (χ4v) is 4.18. The van der Waals surface area contributed by atoms with Crippen molar-refractivity contribution in [3.8, 4) is 11.1 Å². The van der Waals surface area contributed by atoms with E-state index in [-0.39, 0.29) is 25.0 Å². The van der Waals surface area contributed by atoms with Gasteiger partial charge in [-0.15, -0.1) is 0 Å². The third kappa shape index (κ3) is 4.13. The molecule has 0 unspecified atom stereocenters. The maximum Gasteiger partial charge on any atom is 0.407 e. The molecule has 162 valence electrons. The Bertz CT molecular complexity index is 969. The molecule has 31 heavy (non-hydrogen) atoms. The van der Waals surface area contributed by atoms with Crippen molar-refractivity contribution in [1.82, 2.24) is 10.6 Å². The number of rotatable bonds is 8. The lowest BCUT2D eigenvalue weighted by molar-refractivity contribution is -0.142. The summed E-state index contributed by atoms with van der Waals surface area (Å²) in [5.74, 6) is -1.42. The van der Waals surface area contributed by atoms with E-state index < -0.39 is 23.5 Å². The third-order valence-corrected chi connectivity index (χ3v) is 6.26. The Balaban J connectivity index is 1.33. The number of benzene rings is 2. The van der Waals surface area contributed by atoms with Crippen molar-refractivity contribution in [3.63, 3.8) is 0 Å². The number of alkyl carbamates (subject to hydrolysis) is 1. The summed E-state index contributed by atoms with van der Waals surface area (Å²) < 4.78 is 5.51. The van der Waals surface area contributed by atoms with Crippen molar-refractivity contribution < 1.29 is 24.2 Å². The van der Waals surface area contributed by atoms with Gasteiger partial charge in [-0.05, 0) is 41.5 Å². The highest BCUT2D eigenvalue weighted by Gasteiger charge is 2.50. The van der Waals surface area contributed by atoms with Gasteiger partial charge in [0.1, 0.15) is 12.6 Å². The van der Waals surface area contributed by atoms with Gasteiger partial charge >= 0.3 is 12.1 Å². The molecule has 2 aliphatic rings. The minimum absolute atomic E-state index is 0.0304. The first-order valence-corrected chi connectivity index (χ1v) is 10.6. The summed E-state index contributed by atoms with van der Waals surface area (Å²) in [5.41, 5.74) is 3.84. The van der Waals surface area contributed by atoms with E-state index in [0.717, 1.165) is 22.3 Å². The number of nitrogens with one attached hydrogen (secondary N) is 2. The Labute approximate surface area is 180 Å². The van der Waals surface area contributed by atoms with Gasteiger partial charge in [0.05, 0.1) is 5.41 Å². The number of carbonyl (C=O) groups excluding carboxylic acids is 2. The quantitative estimate of drug-likeness (QED) is 0.606. The van der Waals surface area contributed by atoms with Gasteiger partial charge in [0.25, 0.3) is 0 Å². The molecule has 7 nitrogen and oxygen atoms in total. The average Bonchev–Trinajstić information content (AvgIpc) is 3.51. The zero-order valence-electron chi connectivity index (χ0n) is 17.4. The summed E-state index contributed by atoms with van der Waals surface area (Å²) in [4.78, 5) is 36.0. The van der Waals surface area contributed by atoms with Gasteiger partial charge in [-0.2, -0.15) is 0 Å². The lowest BCUT2D eigenvalue weighted by Crippen LogP contribution is -2.47. The Morgan fingerprint density at radius 3 is 2.16 bits per heavy atom. The molecular weight excluding hydrogens is 396 g/mol. The number of ether oxygens (including phenoxy) is 1. The van der Waals surface area contributed by atoms with Crippen LogP contribution in [-0.4, -0.2) is 42.3 Å². The van der Waals surface area contributed by atoms with Gasteiger partial charge < -0.3 is 20.5 Å². The van der Waals surface area contributed by atoms with E-state index >= 15 is 0 Å². The number of carbonyl (C=O) groups is 3. The monoisotopic (exact) mass is 422 g/mol. The van der Waals surface area contributed by atoms with Crippen molar-refractivity contribution in [1.29, 1.82) is 0 Å². The molecule has 0 spiro atoms. The van der Waals surface area contributed by atoms with Crippen LogP contribution in [0, 0.1) is 5.41 Å². The number of amides is 2. The number of hydrogen-bond acceptors (Lipinski definition) is 4. The molecule has 1 saturated carbocycles. The second-order valence-corrected chi connectivity index (χ2v) is 8.23. The van der Waals surface area contributed by atoms with Gasteiger partial charge in [-0.1, -0.05) is 55.5 Å². The molecule has 0 bridgehead atoms. The van der Waals surface area contributed by atoms with E-state index in [2.05, 4.69) is 34.9 Å². The SMILES string of the molecule is CC[C@H](NC(=O)C1(CNC(=O)OCC2c3ccccc3-c3ccccc32)CC1)C(=O)O. The molecule has 3 N–H and O–H groups in total. The van der Waals surface area contributed by atoms with E-state index in [4.69, 9.17) is 9.84 Å². The van der Waals surface area contributed by atoms with Crippen molar-refractivity contribution in [2.24, 2.45) is 5.41 Å². The second-order valence-electron chi connectivity index (χ2n) is 8.23. The number of fused-ring (bicyclic) bond motifs is 3. The largest absolute Gasteiger partial charge is 0.480 e. The molecule has 2 amide bonds. The van der Waals surface area contributed by atoms with Gasteiger partial charge in [-0.3, -0.25) is 4.79 Å². The summed E-state index contributed by atoms with van der Waals surface area (Å²) in [6.07, 6.45) is 0.944. The molecule has 0 saturated heterocycles. The van der Waals surface area contributed by atoms with E-state index in [1.165, 1.54) is 0 Å². The van der Waals surface area contributed by atoms with Crippen molar-refractivity contribution in [2.75, 3.05) is 13.2 Å². The molecule has 7 heteroatoms. The maximum absolute atomic E-state index is 12.5. The van der Waals surface area contributed by atoms with Crippen LogP contribution >= 0.6 is 0 Å². The molecule has 1 atom stereocenters. The first kappa shape index (κ1) is 20.9. The van der Waals surface area contributed by atoms with Crippen LogP contribution in [0.3, 0.4) is 0 Å². The van der Waals surface area contributed by atoms with Crippen LogP contribution in [0.15, 0.2) is 48.5 Å². The fourth-order valence-electron chi connectivity index (χ4n) is 4.18. The Morgan fingerprint density at radius 1 is 1.06 bits per heavy atom. The Kier molecular flexibility index (Phi) is 5.67. The standard InChI is InChI=1S/C24H26N2O5/c1-2-20(21(27)28)26-22(29)24(11-12-24)14-25-23(30)31-13-19-17-9-5-3-7-15(17)16-8-4-6-10-18(16)19/h3-10,19-20H,2,11-14H2,1H3,(H,25,30)(H,26,29)(H,27,28)/t20-/m0/s1. The van der Waals surface area contributed by atoms with Crippen molar-refractivity contribution in [3.05, 3.63) is 59.7 Å². The van der Waals surface area contributed by atoms with E-state index in [9.17, 15) is 14.4 Å². The highest BCUT2D eigenvalue weighted by atomic mass is 16.5. The van der Waals surface area contributed by atoms with E-state index in [0.29, 0.717) is 19.3 Å². The maximum atomic E-state index is 12.5. The number of carboxylic acid groups (broad SMARTS) is 1. The van der Waals surface area contributed by atoms with Gasteiger partial charge in [0.2, 0.25) is 5.91 Å². The molecule has 4 rings (SSSR count). The summed E-state index contributed by atoms with van der Waals surface area (Å²) in [5, 5.41) is 14.4. The Morgan fingerprint density at radius 2 is 1.65 bits per heavy atom. The fraction of sp³-hybridized carbons (Fsp3) is 0.375. The highest BCUT2D eigenvalue weighted by Crippen LogP contribution is 2.46. The third-order valence-electron chi connectivity index (χ3n) is 6.26. The van der Waals surface area contributed by atoms with Crippen LogP contribution in [0.25, 0.3) is 11.1 Å². The minimum atomic E-state index is -1.06. The van der Waals surface area contributed by atoms with Crippen molar-refractivity contribution >= 4 is 18.0 Å². The molecule has 2 aromatic rings. The molecule has 0 radical (unpaired) electrons. The second kappa shape index (κ2) is 8.41. The Hall–Kier alpha value is -3.35. The first-order chi connectivity index (χ1) is 14.9. The van der Waals surface area contributed by atoms with Crippen LogP contribution in [0.1, 0.15) is 43.2 Å². The summed E-state index contributed by atoms with van der Waals surface area (Å²) in [6.45, 7) is 2.04. The van der Waals surface area contributed by atoms with Gasteiger partial charge in [-0.25, -0.2) is 9.59 Å². The molecule has 0 heterocycles.